The molecule has 2 atom stereocenters. The summed E-state index contributed by atoms with van der Waals surface area (Å²) in [5.74, 6) is 0.838. The fraction of sp³-hybridized carbons (Fsp3) is 0.353. The highest BCUT2D eigenvalue weighted by molar-refractivity contribution is 5.91. The zero-order valence-corrected chi connectivity index (χ0v) is 12.2. The number of hydrogen-bond donors (Lipinski definition) is 1. The molecule has 0 saturated carbocycles. The Morgan fingerprint density at radius 1 is 1.20 bits per heavy atom. The monoisotopic (exact) mass is 268 g/mol. The predicted molar refractivity (Wildman–Crippen MR) is 81.7 cm³/mol. The van der Waals surface area contributed by atoms with E-state index >= 15 is 0 Å². The number of benzene rings is 2. The number of nitrogens with one attached hydrogen (secondary N) is 1. The molecular formula is C17H20N2O. The molecule has 0 aliphatic rings. The first-order valence-electron chi connectivity index (χ1n) is 6.92. The van der Waals surface area contributed by atoms with E-state index in [0.717, 1.165) is 28.5 Å². The summed E-state index contributed by atoms with van der Waals surface area (Å²) in [6.45, 7) is 4.20. The van der Waals surface area contributed by atoms with Crippen LogP contribution in [0.5, 0.6) is 5.75 Å². The maximum atomic E-state index is 9.47. The van der Waals surface area contributed by atoms with Gasteiger partial charge in [-0.2, -0.15) is 5.26 Å². The minimum Gasteiger partial charge on any atom is -0.496 e. The molecule has 0 aliphatic heterocycles. The normalized spacial score (nSPS) is 13.7. The van der Waals surface area contributed by atoms with Gasteiger partial charge in [0.2, 0.25) is 0 Å². The highest BCUT2D eigenvalue weighted by atomic mass is 16.5. The zero-order chi connectivity index (χ0) is 14.5. The number of ether oxygens (including phenoxy) is 1. The highest BCUT2D eigenvalue weighted by Crippen LogP contribution is 2.31. The largest absolute Gasteiger partial charge is 0.496 e. The minimum absolute atomic E-state index is 0.305. The van der Waals surface area contributed by atoms with Gasteiger partial charge in [0.05, 0.1) is 13.2 Å². The molecule has 0 amide bonds. The molecule has 104 valence electrons. The van der Waals surface area contributed by atoms with Gasteiger partial charge in [0, 0.05) is 11.4 Å². The highest BCUT2D eigenvalue weighted by Gasteiger charge is 2.16. The zero-order valence-electron chi connectivity index (χ0n) is 12.2. The molecule has 1 N–H and O–H groups in total. The maximum absolute atomic E-state index is 9.47. The van der Waals surface area contributed by atoms with Crippen molar-refractivity contribution in [3.05, 3.63) is 42.0 Å². The smallest absolute Gasteiger partial charge is 0.126 e. The molecule has 0 aromatic heterocycles. The average molecular weight is 268 g/mol. The first kappa shape index (κ1) is 14.4. The fourth-order valence-corrected chi connectivity index (χ4v) is 2.32. The van der Waals surface area contributed by atoms with E-state index in [9.17, 15) is 5.26 Å². The van der Waals surface area contributed by atoms with Crippen LogP contribution in [0.4, 0.5) is 0 Å². The lowest BCUT2D eigenvalue weighted by Crippen LogP contribution is -2.29. The molecule has 0 heterocycles. The van der Waals surface area contributed by atoms with Gasteiger partial charge in [0.25, 0.3) is 0 Å². The molecule has 2 rings (SSSR count). The van der Waals surface area contributed by atoms with Crippen molar-refractivity contribution in [3.63, 3.8) is 0 Å². The summed E-state index contributed by atoms with van der Waals surface area (Å²) in [5.41, 5.74) is 1.00. The summed E-state index contributed by atoms with van der Waals surface area (Å²) in [6, 6.07) is 14.3. The molecule has 20 heavy (non-hydrogen) atoms. The van der Waals surface area contributed by atoms with Crippen LogP contribution in [-0.4, -0.2) is 13.2 Å². The van der Waals surface area contributed by atoms with Gasteiger partial charge >= 0.3 is 0 Å². The number of methoxy groups -OCH3 is 1. The summed E-state index contributed by atoms with van der Waals surface area (Å²) in [4.78, 5) is 0. The molecule has 0 aliphatic carbocycles. The number of rotatable bonds is 5. The summed E-state index contributed by atoms with van der Waals surface area (Å²) in [6.07, 6.45) is 0.992. The van der Waals surface area contributed by atoms with Crippen LogP contribution in [0.1, 0.15) is 31.9 Å². The lowest BCUT2D eigenvalue weighted by atomic mass is 9.98. The lowest BCUT2D eigenvalue weighted by molar-refractivity contribution is 0.419. The van der Waals surface area contributed by atoms with Gasteiger partial charge in [-0.05, 0) is 30.4 Å². The van der Waals surface area contributed by atoms with Gasteiger partial charge in [-0.3, -0.25) is 5.32 Å². The molecule has 0 fully saturated rings. The van der Waals surface area contributed by atoms with Gasteiger partial charge in [-0.1, -0.05) is 37.3 Å². The van der Waals surface area contributed by atoms with Crippen molar-refractivity contribution >= 4 is 10.8 Å². The third-order valence-corrected chi connectivity index (χ3v) is 3.64. The lowest BCUT2D eigenvalue weighted by Gasteiger charge is -2.19. The number of nitrogens with zero attached hydrogens (tertiary/aromatic N) is 1. The van der Waals surface area contributed by atoms with E-state index in [1.165, 1.54) is 0 Å². The first-order chi connectivity index (χ1) is 9.71. The average Bonchev–Trinajstić information content (AvgIpc) is 2.51. The second-order valence-electron chi connectivity index (χ2n) is 4.94. The summed E-state index contributed by atoms with van der Waals surface area (Å²) in [7, 11) is 1.67. The summed E-state index contributed by atoms with van der Waals surface area (Å²) >= 11 is 0. The quantitative estimate of drug-likeness (QED) is 0.897. The topological polar surface area (TPSA) is 45.0 Å². The Morgan fingerprint density at radius 3 is 2.50 bits per heavy atom. The third kappa shape index (κ3) is 2.76. The van der Waals surface area contributed by atoms with Gasteiger partial charge in [-0.15, -0.1) is 0 Å². The van der Waals surface area contributed by atoms with E-state index in [4.69, 9.17) is 4.74 Å². The molecule has 0 saturated heterocycles. The molecule has 2 aromatic rings. The Balaban J connectivity index is 2.51. The molecule has 2 aromatic carbocycles. The summed E-state index contributed by atoms with van der Waals surface area (Å²) in [5, 5.41) is 14.9. The van der Waals surface area contributed by atoms with Gasteiger partial charge < -0.3 is 4.74 Å². The van der Waals surface area contributed by atoms with Gasteiger partial charge in [0.15, 0.2) is 0 Å². The molecule has 0 spiro atoms. The Bertz CT molecular complexity index is 630. The van der Waals surface area contributed by atoms with Gasteiger partial charge in [0.1, 0.15) is 11.8 Å². The second kappa shape index (κ2) is 6.40. The van der Waals surface area contributed by atoms with Crippen molar-refractivity contribution in [2.24, 2.45) is 0 Å². The van der Waals surface area contributed by atoms with Crippen LogP contribution >= 0.6 is 0 Å². The Morgan fingerprint density at radius 2 is 1.90 bits per heavy atom. The van der Waals surface area contributed by atoms with E-state index in [1.54, 1.807) is 7.11 Å². The Hall–Kier alpha value is -2.05. The summed E-state index contributed by atoms with van der Waals surface area (Å²) < 4.78 is 5.39. The molecule has 3 heteroatoms. The SMILES string of the molecule is CCC(C)NC(C#N)c1ccc(OC)c2ccccc12. The van der Waals surface area contributed by atoms with Gasteiger partial charge in [-0.25, -0.2) is 0 Å². The molecular weight excluding hydrogens is 248 g/mol. The van der Waals surface area contributed by atoms with E-state index < -0.39 is 0 Å². The van der Waals surface area contributed by atoms with Crippen molar-refractivity contribution in [1.29, 1.82) is 5.26 Å². The van der Waals surface area contributed by atoms with E-state index in [-0.39, 0.29) is 6.04 Å². The van der Waals surface area contributed by atoms with E-state index in [2.05, 4.69) is 25.2 Å². The van der Waals surface area contributed by atoms with Crippen LogP contribution in [0.2, 0.25) is 0 Å². The second-order valence-corrected chi connectivity index (χ2v) is 4.94. The van der Waals surface area contributed by atoms with Crippen LogP contribution in [0, 0.1) is 11.3 Å². The van der Waals surface area contributed by atoms with Crippen molar-refractivity contribution in [2.45, 2.75) is 32.4 Å². The number of hydrogen-bond acceptors (Lipinski definition) is 3. The van der Waals surface area contributed by atoms with Crippen molar-refractivity contribution < 1.29 is 4.74 Å². The number of nitriles is 1. The van der Waals surface area contributed by atoms with Crippen LogP contribution in [0.15, 0.2) is 36.4 Å². The fourth-order valence-electron chi connectivity index (χ4n) is 2.32. The van der Waals surface area contributed by atoms with Crippen LogP contribution in [-0.2, 0) is 0 Å². The van der Waals surface area contributed by atoms with Crippen molar-refractivity contribution in [1.82, 2.24) is 5.32 Å². The predicted octanol–water partition coefficient (Wildman–Crippen LogP) is 3.80. The van der Waals surface area contributed by atoms with Crippen molar-refractivity contribution in [3.8, 4) is 11.8 Å². The maximum Gasteiger partial charge on any atom is 0.126 e. The standard InChI is InChI=1S/C17H20N2O/c1-4-12(2)19-16(11-18)14-9-10-17(20-3)15-8-6-5-7-13(14)15/h5-10,12,16,19H,4H2,1-3H3. The van der Waals surface area contributed by atoms with Crippen LogP contribution in [0.25, 0.3) is 10.8 Å². The molecule has 3 nitrogen and oxygen atoms in total. The molecule has 0 radical (unpaired) electrons. The van der Waals surface area contributed by atoms with E-state index in [1.807, 2.05) is 36.4 Å². The molecule has 2 unspecified atom stereocenters. The Kier molecular flexibility index (Phi) is 4.60. The molecule has 0 bridgehead atoms. The third-order valence-electron chi connectivity index (χ3n) is 3.64. The minimum atomic E-state index is -0.305. The van der Waals surface area contributed by atoms with Crippen molar-refractivity contribution in [2.75, 3.05) is 7.11 Å². The first-order valence-corrected chi connectivity index (χ1v) is 6.92. The Labute approximate surface area is 120 Å². The van der Waals surface area contributed by atoms with E-state index in [0.29, 0.717) is 6.04 Å². The van der Waals surface area contributed by atoms with Crippen LogP contribution in [0.3, 0.4) is 0 Å². The van der Waals surface area contributed by atoms with Crippen LogP contribution < -0.4 is 10.1 Å². The number of fused-ring (bicyclic) bond motifs is 1.